The molecule has 2 fully saturated rings. The number of rotatable bonds is 3. The van der Waals surface area contributed by atoms with Crippen LogP contribution in [0.5, 0.6) is 5.75 Å². The first-order chi connectivity index (χ1) is 10.3. The molecule has 1 aliphatic carbocycles. The first-order valence-electron chi connectivity index (χ1n) is 7.95. The number of hydrogen-bond donors (Lipinski definition) is 0. The Balaban J connectivity index is 1.65. The van der Waals surface area contributed by atoms with Crippen LogP contribution in [0, 0.1) is 10.8 Å². The number of likely N-dealkylation sites (tertiary alicyclic amines) is 1. The fraction of sp³-hybridized carbons (Fsp3) is 0.611. The summed E-state index contributed by atoms with van der Waals surface area (Å²) in [6.45, 7) is 7.96. The summed E-state index contributed by atoms with van der Waals surface area (Å²) in [6.07, 6.45) is 3.44. The van der Waals surface area contributed by atoms with Crippen molar-refractivity contribution in [3.8, 4) is 5.75 Å². The topological polar surface area (TPSA) is 29.5 Å². The fourth-order valence-corrected chi connectivity index (χ4v) is 4.93. The van der Waals surface area contributed by atoms with Gasteiger partial charge in [0.1, 0.15) is 5.75 Å². The molecule has 1 heterocycles. The number of carbonyl (C=O) groups is 1. The summed E-state index contributed by atoms with van der Waals surface area (Å²) in [5, 5.41) is 0. The predicted molar refractivity (Wildman–Crippen MR) is 90.9 cm³/mol. The maximum absolute atomic E-state index is 12.6. The quantitative estimate of drug-likeness (QED) is 0.800. The van der Waals surface area contributed by atoms with Gasteiger partial charge in [-0.15, -0.1) is 0 Å². The minimum atomic E-state index is 0.113. The molecule has 0 unspecified atom stereocenters. The number of para-hydroxylation sites is 1. The lowest BCUT2D eigenvalue weighted by atomic mass is 9.65. The van der Waals surface area contributed by atoms with E-state index in [1.807, 2.05) is 24.3 Å². The van der Waals surface area contributed by atoms with Gasteiger partial charge in [-0.3, -0.25) is 4.79 Å². The third kappa shape index (κ3) is 3.17. The summed E-state index contributed by atoms with van der Waals surface area (Å²) in [5.74, 6) is 0.840. The number of halogens is 1. The summed E-state index contributed by atoms with van der Waals surface area (Å²) < 4.78 is 6.59. The Bertz CT molecular complexity index is 586. The number of fused-ring (bicyclic) bond motifs is 2. The van der Waals surface area contributed by atoms with Gasteiger partial charge in [-0.2, -0.15) is 0 Å². The molecule has 1 amide bonds. The van der Waals surface area contributed by atoms with Crippen LogP contribution in [0.3, 0.4) is 0 Å². The Morgan fingerprint density at radius 3 is 2.77 bits per heavy atom. The van der Waals surface area contributed by atoms with Crippen molar-refractivity contribution in [3.05, 3.63) is 28.7 Å². The molecule has 2 aliphatic rings. The van der Waals surface area contributed by atoms with Gasteiger partial charge in [0.2, 0.25) is 0 Å². The van der Waals surface area contributed by atoms with Crippen LogP contribution >= 0.6 is 15.9 Å². The molecule has 3 rings (SSSR count). The van der Waals surface area contributed by atoms with Gasteiger partial charge in [-0.25, -0.2) is 0 Å². The minimum Gasteiger partial charge on any atom is -0.483 e. The van der Waals surface area contributed by atoms with E-state index in [-0.39, 0.29) is 17.9 Å². The van der Waals surface area contributed by atoms with Crippen molar-refractivity contribution in [2.24, 2.45) is 10.8 Å². The molecule has 0 N–H and O–H groups in total. The zero-order chi connectivity index (χ0) is 16.0. The highest BCUT2D eigenvalue weighted by Crippen LogP contribution is 2.52. The molecule has 0 radical (unpaired) electrons. The van der Waals surface area contributed by atoms with Crippen molar-refractivity contribution in [1.82, 2.24) is 4.90 Å². The molecule has 120 valence electrons. The van der Waals surface area contributed by atoms with Crippen molar-refractivity contribution < 1.29 is 9.53 Å². The van der Waals surface area contributed by atoms with Crippen LogP contribution in [-0.2, 0) is 4.79 Å². The average Bonchev–Trinajstić information content (AvgIpc) is 2.67. The second-order valence-corrected chi connectivity index (χ2v) is 8.81. The maximum Gasteiger partial charge on any atom is 0.260 e. The number of ether oxygens (including phenoxy) is 1. The Hall–Kier alpha value is -1.03. The molecular weight excluding hydrogens is 342 g/mol. The molecule has 0 aromatic heterocycles. The van der Waals surface area contributed by atoms with Crippen LogP contribution in [-0.4, -0.2) is 30.0 Å². The molecule has 1 aromatic carbocycles. The van der Waals surface area contributed by atoms with Crippen molar-refractivity contribution in [2.75, 3.05) is 13.2 Å². The minimum absolute atomic E-state index is 0.113. The largest absolute Gasteiger partial charge is 0.483 e. The molecule has 0 spiro atoms. The van der Waals surface area contributed by atoms with Crippen LogP contribution < -0.4 is 4.74 Å². The summed E-state index contributed by atoms with van der Waals surface area (Å²) in [7, 11) is 0. The van der Waals surface area contributed by atoms with E-state index in [1.54, 1.807) is 0 Å². The van der Waals surface area contributed by atoms with Crippen LogP contribution in [0.1, 0.15) is 40.0 Å². The van der Waals surface area contributed by atoms with E-state index in [1.165, 1.54) is 6.42 Å². The highest BCUT2D eigenvalue weighted by atomic mass is 79.9. The van der Waals surface area contributed by atoms with Gasteiger partial charge in [0.25, 0.3) is 5.91 Å². The standard InChI is InChI=1S/C18H24BrNO2/c1-17(2)8-13-9-18(3,11-17)12-20(13)16(21)10-22-15-7-5-4-6-14(15)19/h4-7,13H,8-12H2,1-3H3/t13-,18+/m1/s1. The van der Waals surface area contributed by atoms with Gasteiger partial charge >= 0.3 is 0 Å². The predicted octanol–water partition coefficient (Wildman–Crippen LogP) is 4.26. The number of carbonyl (C=O) groups excluding carboxylic acids is 1. The lowest BCUT2D eigenvalue weighted by molar-refractivity contribution is -0.134. The third-order valence-electron chi connectivity index (χ3n) is 4.92. The summed E-state index contributed by atoms with van der Waals surface area (Å²) in [5.41, 5.74) is 0.603. The van der Waals surface area contributed by atoms with E-state index < -0.39 is 0 Å². The lowest BCUT2D eigenvalue weighted by Gasteiger charge is -2.39. The van der Waals surface area contributed by atoms with Gasteiger partial charge in [0, 0.05) is 12.6 Å². The molecule has 3 nitrogen and oxygen atoms in total. The second kappa shape index (κ2) is 5.55. The number of hydrogen-bond acceptors (Lipinski definition) is 2. The van der Waals surface area contributed by atoms with E-state index in [0.29, 0.717) is 11.5 Å². The molecule has 2 bridgehead atoms. The molecular formula is C18H24BrNO2. The van der Waals surface area contributed by atoms with Crippen molar-refractivity contribution in [1.29, 1.82) is 0 Å². The Morgan fingerprint density at radius 1 is 1.32 bits per heavy atom. The molecule has 22 heavy (non-hydrogen) atoms. The van der Waals surface area contributed by atoms with E-state index in [9.17, 15) is 4.79 Å². The number of benzene rings is 1. The van der Waals surface area contributed by atoms with Gasteiger partial charge < -0.3 is 9.64 Å². The average molecular weight is 366 g/mol. The van der Waals surface area contributed by atoms with Gasteiger partial charge in [0.05, 0.1) is 4.47 Å². The Labute approximate surface area is 141 Å². The fourth-order valence-electron chi connectivity index (χ4n) is 4.54. The number of nitrogens with zero attached hydrogens (tertiary/aromatic N) is 1. The van der Waals surface area contributed by atoms with E-state index >= 15 is 0 Å². The highest BCUT2D eigenvalue weighted by molar-refractivity contribution is 9.10. The normalized spacial score (nSPS) is 29.5. The van der Waals surface area contributed by atoms with Crippen LogP contribution in [0.2, 0.25) is 0 Å². The summed E-state index contributed by atoms with van der Waals surface area (Å²) in [4.78, 5) is 14.7. The SMILES string of the molecule is CC1(C)C[C@@H]2C[C@](C)(CN2C(=O)COc2ccccc2Br)C1. The summed E-state index contributed by atoms with van der Waals surface area (Å²) >= 11 is 3.45. The maximum atomic E-state index is 12.6. The molecule has 4 heteroatoms. The molecule has 1 aromatic rings. The second-order valence-electron chi connectivity index (χ2n) is 7.95. The molecule has 1 saturated carbocycles. The van der Waals surface area contributed by atoms with E-state index in [4.69, 9.17) is 4.74 Å². The zero-order valence-electron chi connectivity index (χ0n) is 13.6. The van der Waals surface area contributed by atoms with E-state index in [2.05, 4.69) is 41.6 Å². The van der Waals surface area contributed by atoms with Crippen LogP contribution in [0.4, 0.5) is 0 Å². The van der Waals surface area contributed by atoms with Gasteiger partial charge in [-0.1, -0.05) is 32.9 Å². The number of amides is 1. The molecule has 1 aliphatic heterocycles. The first kappa shape index (κ1) is 15.9. The van der Waals surface area contributed by atoms with Crippen LogP contribution in [0.15, 0.2) is 28.7 Å². The van der Waals surface area contributed by atoms with Crippen molar-refractivity contribution in [2.45, 2.75) is 46.1 Å². The van der Waals surface area contributed by atoms with Crippen molar-refractivity contribution in [3.63, 3.8) is 0 Å². The molecule has 2 atom stereocenters. The molecule has 1 saturated heterocycles. The Kier molecular flexibility index (Phi) is 4.00. The van der Waals surface area contributed by atoms with Gasteiger partial charge in [0.15, 0.2) is 6.61 Å². The third-order valence-corrected chi connectivity index (χ3v) is 5.58. The van der Waals surface area contributed by atoms with E-state index in [0.717, 1.165) is 29.6 Å². The zero-order valence-corrected chi connectivity index (χ0v) is 15.1. The van der Waals surface area contributed by atoms with Gasteiger partial charge in [-0.05, 0) is 58.2 Å². The summed E-state index contributed by atoms with van der Waals surface area (Å²) in [6, 6.07) is 8.03. The Morgan fingerprint density at radius 2 is 2.05 bits per heavy atom. The van der Waals surface area contributed by atoms with Crippen molar-refractivity contribution >= 4 is 21.8 Å². The first-order valence-corrected chi connectivity index (χ1v) is 8.74. The monoisotopic (exact) mass is 365 g/mol. The lowest BCUT2D eigenvalue weighted by Crippen LogP contribution is -2.40. The highest BCUT2D eigenvalue weighted by Gasteiger charge is 2.50. The smallest absolute Gasteiger partial charge is 0.260 e. The van der Waals surface area contributed by atoms with Crippen LogP contribution in [0.25, 0.3) is 0 Å².